The standard InChI is InChI=1S/C18H26N2O2S/c1-14-7-9-16(10-8-14)20-18(22)13-23-12-17(21)19-11-15-5-3-2-4-6-15/h7-10,15H,2-6,11-13H2,1H3,(H,19,21)(H,20,22). The Morgan fingerprint density at radius 3 is 2.39 bits per heavy atom. The molecule has 0 atom stereocenters. The smallest absolute Gasteiger partial charge is 0.234 e. The quantitative estimate of drug-likeness (QED) is 0.804. The number of hydrogen-bond donors (Lipinski definition) is 2. The van der Waals surface area contributed by atoms with Crippen molar-refractivity contribution in [1.82, 2.24) is 5.32 Å². The second kappa shape index (κ2) is 9.60. The van der Waals surface area contributed by atoms with E-state index >= 15 is 0 Å². The first-order valence-electron chi connectivity index (χ1n) is 8.34. The summed E-state index contributed by atoms with van der Waals surface area (Å²) in [6, 6.07) is 7.69. The summed E-state index contributed by atoms with van der Waals surface area (Å²) in [4.78, 5) is 23.6. The van der Waals surface area contributed by atoms with E-state index in [2.05, 4.69) is 10.6 Å². The molecule has 2 N–H and O–H groups in total. The Bertz CT molecular complexity index is 510. The van der Waals surface area contributed by atoms with Gasteiger partial charge in [0, 0.05) is 12.2 Å². The molecule has 1 aromatic rings. The van der Waals surface area contributed by atoms with Crippen LogP contribution in [-0.4, -0.2) is 29.9 Å². The van der Waals surface area contributed by atoms with Crippen LogP contribution in [0, 0.1) is 12.8 Å². The minimum Gasteiger partial charge on any atom is -0.355 e. The van der Waals surface area contributed by atoms with Crippen molar-refractivity contribution < 1.29 is 9.59 Å². The molecule has 1 saturated carbocycles. The first-order valence-corrected chi connectivity index (χ1v) is 9.50. The Balaban J connectivity index is 1.57. The maximum Gasteiger partial charge on any atom is 0.234 e. The number of carbonyl (C=O) groups is 2. The zero-order chi connectivity index (χ0) is 16.5. The van der Waals surface area contributed by atoms with Gasteiger partial charge in [0.1, 0.15) is 0 Å². The highest BCUT2D eigenvalue weighted by Gasteiger charge is 2.14. The van der Waals surface area contributed by atoms with E-state index in [0.717, 1.165) is 17.8 Å². The van der Waals surface area contributed by atoms with Crippen LogP contribution in [0.3, 0.4) is 0 Å². The first kappa shape index (κ1) is 17.9. The highest BCUT2D eigenvalue weighted by Crippen LogP contribution is 2.22. The van der Waals surface area contributed by atoms with Gasteiger partial charge < -0.3 is 10.6 Å². The summed E-state index contributed by atoms with van der Waals surface area (Å²) >= 11 is 1.35. The summed E-state index contributed by atoms with van der Waals surface area (Å²) in [6.45, 7) is 2.79. The first-order chi connectivity index (χ1) is 11.1. The molecule has 2 rings (SSSR count). The third-order valence-electron chi connectivity index (χ3n) is 4.11. The van der Waals surface area contributed by atoms with E-state index < -0.39 is 0 Å². The Morgan fingerprint density at radius 1 is 1.04 bits per heavy atom. The minimum absolute atomic E-state index is 0.0312. The van der Waals surface area contributed by atoms with Crippen molar-refractivity contribution in [3.63, 3.8) is 0 Å². The predicted octanol–water partition coefficient (Wildman–Crippen LogP) is 3.36. The molecule has 0 heterocycles. The molecule has 2 amide bonds. The van der Waals surface area contributed by atoms with Crippen LogP contribution in [-0.2, 0) is 9.59 Å². The molecule has 4 nitrogen and oxygen atoms in total. The molecule has 126 valence electrons. The minimum atomic E-state index is -0.0704. The summed E-state index contributed by atoms with van der Waals surface area (Å²) in [5, 5.41) is 5.83. The van der Waals surface area contributed by atoms with Crippen molar-refractivity contribution in [3.05, 3.63) is 29.8 Å². The average molecular weight is 334 g/mol. The van der Waals surface area contributed by atoms with Crippen molar-refractivity contribution in [2.24, 2.45) is 5.92 Å². The Morgan fingerprint density at radius 2 is 1.70 bits per heavy atom. The molecule has 0 saturated heterocycles. The Kier molecular flexibility index (Phi) is 7.46. The largest absolute Gasteiger partial charge is 0.355 e. The number of anilines is 1. The summed E-state index contributed by atoms with van der Waals surface area (Å²) < 4.78 is 0. The topological polar surface area (TPSA) is 58.2 Å². The van der Waals surface area contributed by atoms with Gasteiger partial charge in [-0.1, -0.05) is 37.0 Å². The number of amides is 2. The zero-order valence-corrected chi connectivity index (χ0v) is 14.6. The van der Waals surface area contributed by atoms with E-state index in [1.54, 1.807) is 0 Å². The van der Waals surface area contributed by atoms with Crippen LogP contribution >= 0.6 is 11.8 Å². The van der Waals surface area contributed by atoms with Crippen molar-refractivity contribution >= 4 is 29.3 Å². The second-order valence-electron chi connectivity index (χ2n) is 6.22. The molecule has 5 heteroatoms. The average Bonchev–Trinajstić information content (AvgIpc) is 2.56. The highest BCUT2D eigenvalue weighted by molar-refractivity contribution is 8.00. The number of nitrogens with one attached hydrogen (secondary N) is 2. The molecule has 23 heavy (non-hydrogen) atoms. The van der Waals surface area contributed by atoms with E-state index in [1.807, 2.05) is 31.2 Å². The van der Waals surface area contributed by atoms with Crippen LogP contribution in [0.2, 0.25) is 0 Å². The van der Waals surface area contributed by atoms with Gasteiger partial charge in [0.05, 0.1) is 11.5 Å². The predicted molar refractivity (Wildman–Crippen MR) is 96.7 cm³/mol. The van der Waals surface area contributed by atoms with E-state index in [1.165, 1.54) is 43.9 Å². The van der Waals surface area contributed by atoms with E-state index in [-0.39, 0.29) is 11.8 Å². The number of thioether (sulfide) groups is 1. The molecule has 0 spiro atoms. The number of aryl methyl sites for hydroxylation is 1. The van der Waals surface area contributed by atoms with Gasteiger partial charge >= 0.3 is 0 Å². The molecular formula is C18H26N2O2S. The lowest BCUT2D eigenvalue weighted by atomic mass is 9.89. The maximum absolute atomic E-state index is 11.8. The number of rotatable bonds is 7. The maximum atomic E-state index is 11.8. The fourth-order valence-corrected chi connectivity index (χ4v) is 3.42. The fourth-order valence-electron chi connectivity index (χ4n) is 2.77. The van der Waals surface area contributed by atoms with Crippen molar-refractivity contribution in [3.8, 4) is 0 Å². The second-order valence-corrected chi connectivity index (χ2v) is 7.20. The number of hydrogen-bond acceptors (Lipinski definition) is 3. The van der Waals surface area contributed by atoms with Gasteiger partial charge in [-0.3, -0.25) is 9.59 Å². The molecule has 0 aromatic heterocycles. The van der Waals surface area contributed by atoms with Crippen LogP contribution in [0.4, 0.5) is 5.69 Å². The number of carbonyl (C=O) groups excluding carboxylic acids is 2. The van der Waals surface area contributed by atoms with E-state index in [4.69, 9.17) is 0 Å². The van der Waals surface area contributed by atoms with Gasteiger partial charge in [0.25, 0.3) is 0 Å². The monoisotopic (exact) mass is 334 g/mol. The molecule has 0 bridgehead atoms. The van der Waals surface area contributed by atoms with E-state index in [0.29, 0.717) is 17.4 Å². The van der Waals surface area contributed by atoms with Crippen LogP contribution in [0.1, 0.15) is 37.7 Å². The van der Waals surface area contributed by atoms with Gasteiger partial charge in [0.15, 0.2) is 0 Å². The normalized spacial score (nSPS) is 15.2. The summed E-state index contributed by atoms with van der Waals surface area (Å²) in [5.41, 5.74) is 1.95. The molecule has 1 fully saturated rings. The molecule has 1 aliphatic rings. The number of benzene rings is 1. The SMILES string of the molecule is Cc1ccc(NC(=O)CSCC(=O)NCC2CCCCC2)cc1. The lowest BCUT2D eigenvalue weighted by Gasteiger charge is -2.21. The van der Waals surface area contributed by atoms with Crippen LogP contribution in [0.25, 0.3) is 0 Å². The Labute approximate surface area is 142 Å². The molecule has 0 radical (unpaired) electrons. The highest BCUT2D eigenvalue weighted by atomic mass is 32.2. The van der Waals surface area contributed by atoms with Crippen molar-refractivity contribution in [2.75, 3.05) is 23.4 Å². The lowest BCUT2D eigenvalue weighted by Crippen LogP contribution is -2.31. The summed E-state index contributed by atoms with van der Waals surface area (Å²) in [5.74, 6) is 1.24. The summed E-state index contributed by atoms with van der Waals surface area (Å²) in [7, 11) is 0. The van der Waals surface area contributed by atoms with Gasteiger partial charge in [-0.25, -0.2) is 0 Å². The molecular weight excluding hydrogens is 308 g/mol. The summed E-state index contributed by atoms with van der Waals surface area (Å²) in [6.07, 6.45) is 6.36. The van der Waals surface area contributed by atoms with Crippen molar-refractivity contribution in [1.29, 1.82) is 0 Å². The molecule has 0 aliphatic heterocycles. The molecule has 0 unspecified atom stereocenters. The van der Waals surface area contributed by atoms with Gasteiger partial charge in [-0.15, -0.1) is 11.8 Å². The van der Waals surface area contributed by atoms with Crippen LogP contribution < -0.4 is 10.6 Å². The Hall–Kier alpha value is -1.49. The third-order valence-corrected chi connectivity index (χ3v) is 5.05. The van der Waals surface area contributed by atoms with Gasteiger partial charge in [0.2, 0.25) is 11.8 Å². The third kappa shape index (κ3) is 7.08. The fraction of sp³-hybridized carbons (Fsp3) is 0.556. The zero-order valence-electron chi connectivity index (χ0n) is 13.8. The van der Waals surface area contributed by atoms with Crippen LogP contribution in [0.5, 0.6) is 0 Å². The van der Waals surface area contributed by atoms with Gasteiger partial charge in [-0.05, 0) is 37.8 Å². The van der Waals surface area contributed by atoms with E-state index in [9.17, 15) is 9.59 Å². The van der Waals surface area contributed by atoms with Gasteiger partial charge in [-0.2, -0.15) is 0 Å². The lowest BCUT2D eigenvalue weighted by molar-refractivity contribution is -0.118. The van der Waals surface area contributed by atoms with Crippen LogP contribution in [0.15, 0.2) is 24.3 Å². The molecule has 1 aromatic carbocycles. The van der Waals surface area contributed by atoms with Crippen molar-refractivity contribution in [2.45, 2.75) is 39.0 Å². The molecule has 1 aliphatic carbocycles.